The minimum atomic E-state index is -3.55. The maximum atomic E-state index is 14.6. The zero-order chi connectivity index (χ0) is 29.3. The number of ketones is 1. The van der Waals surface area contributed by atoms with Gasteiger partial charge >= 0.3 is 0 Å². The Morgan fingerprint density at radius 3 is 2.18 bits per heavy atom. The van der Waals surface area contributed by atoms with Gasteiger partial charge in [0.05, 0.1) is 28.5 Å². The number of amides is 1. The summed E-state index contributed by atoms with van der Waals surface area (Å²) >= 11 is 12.7. The van der Waals surface area contributed by atoms with Crippen molar-refractivity contribution in [2.45, 2.75) is 77.6 Å². The van der Waals surface area contributed by atoms with E-state index in [1.54, 1.807) is 43.9 Å². The lowest BCUT2D eigenvalue weighted by Crippen LogP contribution is -2.58. The van der Waals surface area contributed by atoms with Gasteiger partial charge in [-0.05, 0) is 62.6 Å². The van der Waals surface area contributed by atoms with Crippen LogP contribution in [0.5, 0.6) is 0 Å². The van der Waals surface area contributed by atoms with Crippen molar-refractivity contribution < 1.29 is 18.0 Å². The highest BCUT2D eigenvalue weighted by molar-refractivity contribution is 7.92. The first kappa shape index (κ1) is 31.4. The minimum absolute atomic E-state index is 0.0118. The zero-order valence-corrected chi connectivity index (χ0v) is 25.9. The second kappa shape index (κ2) is 12.2. The SMILES string of the molecule is C=C(C)[C@@H](CS(=O)(=O)C(C)C)N1C(=O)[C@@](C)(CC(=O)C(C)C)C[C@H](c2cccc(Cl)c2)[C@H]1c1ccc(Cl)cc1. The van der Waals surface area contributed by atoms with Crippen molar-refractivity contribution >= 4 is 44.7 Å². The Hall–Kier alpha value is -2.15. The highest BCUT2D eigenvalue weighted by atomic mass is 35.5. The van der Waals surface area contributed by atoms with Crippen molar-refractivity contribution in [2.75, 3.05) is 5.75 Å². The van der Waals surface area contributed by atoms with Crippen LogP contribution in [0.3, 0.4) is 0 Å². The van der Waals surface area contributed by atoms with Crippen LogP contribution in [0.15, 0.2) is 60.7 Å². The number of halogens is 2. The predicted molar refractivity (Wildman–Crippen MR) is 160 cm³/mol. The topological polar surface area (TPSA) is 71.5 Å². The molecule has 0 radical (unpaired) electrons. The lowest BCUT2D eigenvalue weighted by Gasteiger charge is -2.52. The number of Topliss-reactive ketones (excluding diaryl/α,β-unsaturated/α-hetero) is 1. The molecule has 1 fully saturated rings. The van der Waals surface area contributed by atoms with Crippen LogP contribution in [0.25, 0.3) is 0 Å². The summed E-state index contributed by atoms with van der Waals surface area (Å²) in [4.78, 5) is 29.3. The largest absolute Gasteiger partial charge is 0.327 e. The number of hydrogen-bond acceptors (Lipinski definition) is 4. The number of hydrogen-bond donors (Lipinski definition) is 0. The summed E-state index contributed by atoms with van der Waals surface area (Å²) < 4.78 is 26.5. The van der Waals surface area contributed by atoms with Crippen LogP contribution >= 0.6 is 23.2 Å². The van der Waals surface area contributed by atoms with Crippen LogP contribution in [0.4, 0.5) is 0 Å². The van der Waals surface area contributed by atoms with Gasteiger partial charge in [0.25, 0.3) is 0 Å². The summed E-state index contributed by atoms with van der Waals surface area (Å²) in [6.07, 6.45) is 0.457. The minimum Gasteiger partial charge on any atom is -0.327 e. The number of carbonyl (C=O) groups is 2. The molecule has 0 aliphatic carbocycles. The second-order valence-corrected chi connectivity index (χ2v) is 15.1. The lowest BCUT2D eigenvalue weighted by atomic mass is 9.66. The van der Waals surface area contributed by atoms with E-state index < -0.39 is 32.6 Å². The summed E-state index contributed by atoms with van der Waals surface area (Å²) in [6, 6.07) is 13.5. The van der Waals surface area contributed by atoms with Crippen LogP contribution in [-0.4, -0.2) is 42.1 Å². The fourth-order valence-electron chi connectivity index (χ4n) is 5.35. The molecule has 212 valence electrons. The second-order valence-electron chi connectivity index (χ2n) is 11.7. The molecule has 3 rings (SSSR count). The third-order valence-corrected chi connectivity index (χ3v) is 10.5. The van der Waals surface area contributed by atoms with Crippen LogP contribution in [0, 0.1) is 11.3 Å². The maximum Gasteiger partial charge on any atom is 0.230 e. The van der Waals surface area contributed by atoms with E-state index in [9.17, 15) is 18.0 Å². The first-order valence-corrected chi connectivity index (χ1v) is 15.8. The van der Waals surface area contributed by atoms with Gasteiger partial charge in [-0.2, -0.15) is 0 Å². The number of rotatable bonds is 10. The molecule has 1 amide bonds. The Morgan fingerprint density at radius 1 is 1.05 bits per heavy atom. The van der Waals surface area contributed by atoms with Crippen LogP contribution < -0.4 is 0 Å². The van der Waals surface area contributed by atoms with Crippen LogP contribution in [-0.2, 0) is 19.4 Å². The molecule has 2 aromatic carbocycles. The van der Waals surface area contributed by atoms with E-state index in [0.717, 1.165) is 11.1 Å². The fraction of sp³-hybridized carbons (Fsp3) is 0.484. The molecule has 1 saturated heterocycles. The van der Waals surface area contributed by atoms with E-state index in [0.29, 0.717) is 22.0 Å². The number of piperidine rings is 1. The summed E-state index contributed by atoms with van der Waals surface area (Å²) in [5.74, 6) is -1.02. The summed E-state index contributed by atoms with van der Waals surface area (Å²) in [7, 11) is -3.55. The molecule has 1 aliphatic heterocycles. The number of sulfone groups is 1. The molecule has 0 aromatic heterocycles. The Bertz CT molecular complexity index is 1340. The Labute approximate surface area is 243 Å². The molecule has 0 saturated carbocycles. The smallest absolute Gasteiger partial charge is 0.230 e. The van der Waals surface area contributed by atoms with Gasteiger partial charge < -0.3 is 4.90 Å². The van der Waals surface area contributed by atoms with Crippen molar-refractivity contribution in [3.05, 3.63) is 81.9 Å². The van der Waals surface area contributed by atoms with E-state index in [4.69, 9.17) is 23.2 Å². The zero-order valence-electron chi connectivity index (χ0n) is 23.6. The third-order valence-electron chi connectivity index (χ3n) is 7.81. The Kier molecular flexibility index (Phi) is 9.78. The monoisotopic (exact) mass is 591 g/mol. The van der Waals surface area contributed by atoms with Gasteiger partial charge in [-0.25, -0.2) is 8.42 Å². The van der Waals surface area contributed by atoms with Crippen molar-refractivity contribution in [3.63, 3.8) is 0 Å². The maximum absolute atomic E-state index is 14.6. The van der Waals surface area contributed by atoms with Crippen LogP contribution in [0.1, 0.15) is 77.5 Å². The van der Waals surface area contributed by atoms with Gasteiger partial charge in [0, 0.05) is 28.3 Å². The quantitative estimate of drug-likeness (QED) is 0.269. The first-order valence-electron chi connectivity index (χ1n) is 13.3. The van der Waals surface area contributed by atoms with Crippen molar-refractivity contribution in [1.29, 1.82) is 0 Å². The third kappa shape index (κ3) is 6.96. The number of nitrogens with zero attached hydrogens (tertiary/aromatic N) is 1. The molecule has 0 bridgehead atoms. The predicted octanol–water partition coefficient (Wildman–Crippen LogP) is 7.44. The molecule has 1 heterocycles. The van der Waals surface area contributed by atoms with Crippen molar-refractivity contribution in [1.82, 2.24) is 4.90 Å². The van der Waals surface area contributed by atoms with Gasteiger partial charge in [-0.15, -0.1) is 0 Å². The van der Waals surface area contributed by atoms with E-state index >= 15 is 0 Å². The van der Waals surface area contributed by atoms with Gasteiger partial charge in [-0.3, -0.25) is 9.59 Å². The summed E-state index contributed by atoms with van der Waals surface area (Å²) in [6.45, 7) is 14.6. The average Bonchev–Trinajstić information content (AvgIpc) is 2.84. The average molecular weight is 593 g/mol. The standard InChI is InChI=1S/C31H39Cl2NO4S/c1-19(2)27(18-39(37,38)21(5)6)34-29(22-11-13-24(32)14-12-22)26(23-9-8-10-25(33)15-23)16-31(7,30(34)36)17-28(35)20(3)4/h8-15,20-21,26-27,29H,1,16-18H2,2-7H3/t26-,27-,29-,31-/m1/s1. The Morgan fingerprint density at radius 2 is 1.67 bits per heavy atom. The molecule has 0 spiro atoms. The Balaban J connectivity index is 2.32. The van der Waals surface area contributed by atoms with Gasteiger partial charge in [0.1, 0.15) is 5.78 Å². The number of carbonyl (C=O) groups excluding carboxylic acids is 2. The highest BCUT2D eigenvalue weighted by Gasteiger charge is 2.53. The van der Waals surface area contributed by atoms with E-state index in [1.165, 1.54) is 0 Å². The molecular weight excluding hydrogens is 553 g/mol. The fourth-order valence-corrected chi connectivity index (χ4v) is 6.95. The van der Waals surface area contributed by atoms with Crippen molar-refractivity contribution in [3.8, 4) is 0 Å². The van der Waals surface area contributed by atoms with Gasteiger partial charge in [-0.1, -0.05) is 80.4 Å². The summed E-state index contributed by atoms with van der Waals surface area (Å²) in [5, 5.41) is 0.494. The number of likely N-dealkylation sites (tertiary alicyclic amines) is 1. The van der Waals surface area contributed by atoms with Gasteiger partial charge in [0.2, 0.25) is 5.91 Å². The molecule has 1 aliphatic rings. The highest BCUT2D eigenvalue weighted by Crippen LogP contribution is 2.52. The van der Waals surface area contributed by atoms with E-state index in [1.807, 2.05) is 51.1 Å². The normalized spacial score (nSPS) is 22.8. The molecule has 4 atom stereocenters. The molecular formula is C31H39Cl2NO4S. The first-order chi connectivity index (χ1) is 18.1. The summed E-state index contributed by atoms with van der Waals surface area (Å²) in [5.41, 5.74) is 1.25. The van der Waals surface area contributed by atoms with Gasteiger partial charge in [0.15, 0.2) is 9.84 Å². The molecule has 0 unspecified atom stereocenters. The van der Waals surface area contributed by atoms with Crippen LogP contribution in [0.2, 0.25) is 10.0 Å². The molecule has 39 heavy (non-hydrogen) atoms. The molecule has 2 aromatic rings. The lowest BCUT2D eigenvalue weighted by molar-refractivity contribution is -0.155. The van der Waals surface area contributed by atoms with E-state index in [2.05, 4.69) is 6.58 Å². The van der Waals surface area contributed by atoms with E-state index in [-0.39, 0.29) is 35.7 Å². The molecule has 8 heteroatoms. The molecule has 0 N–H and O–H groups in total. The van der Waals surface area contributed by atoms with Crippen molar-refractivity contribution in [2.24, 2.45) is 11.3 Å². The molecule has 5 nitrogen and oxygen atoms in total. The number of benzene rings is 2.